The minimum Gasteiger partial charge on any atom is -0.353 e. The molecule has 1 amide bonds. The van der Waals surface area contributed by atoms with Gasteiger partial charge in [0.1, 0.15) is 18.3 Å². The fraction of sp³-hybridized carbons (Fsp3) is 0.600. The summed E-state index contributed by atoms with van der Waals surface area (Å²) in [6.07, 6.45) is 2.86. The molecule has 2 aromatic rings. The maximum absolute atomic E-state index is 12.3. The third-order valence-electron chi connectivity index (χ3n) is 4.06. The number of hydrogen-bond acceptors (Lipinski definition) is 5. The minimum absolute atomic E-state index is 0.0400. The van der Waals surface area contributed by atoms with Crippen LogP contribution in [0.1, 0.15) is 20.8 Å². The molecule has 0 saturated carbocycles. The van der Waals surface area contributed by atoms with E-state index in [1.807, 2.05) is 0 Å². The number of nitrogens with zero attached hydrogens (tertiary/aromatic N) is 5. The molecule has 0 aliphatic heterocycles. The highest BCUT2D eigenvalue weighted by atomic mass is 16.2. The molecule has 0 radical (unpaired) electrons. The highest BCUT2D eigenvalue weighted by molar-refractivity contribution is 5.77. The van der Waals surface area contributed by atoms with Crippen molar-refractivity contribution < 1.29 is 4.79 Å². The van der Waals surface area contributed by atoms with Crippen molar-refractivity contribution >= 4 is 16.9 Å². The Hall–Kier alpha value is -2.22. The van der Waals surface area contributed by atoms with Crippen molar-refractivity contribution in [1.29, 1.82) is 0 Å². The van der Waals surface area contributed by atoms with Crippen LogP contribution in [0.5, 0.6) is 0 Å². The maximum Gasteiger partial charge on any atom is 0.264 e. The van der Waals surface area contributed by atoms with Crippen LogP contribution in [0.15, 0.2) is 17.3 Å². The van der Waals surface area contributed by atoms with Gasteiger partial charge in [-0.05, 0) is 20.0 Å². The first-order valence-corrected chi connectivity index (χ1v) is 7.85. The summed E-state index contributed by atoms with van der Waals surface area (Å²) in [5.41, 5.74) is 0.261. The zero-order valence-electron chi connectivity index (χ0n) is 14.1. The van der Waals surface area contributed by atoms with E-state index in [1.54, 1.807) is 7.05 Å². The first-order chi connectivity index (χ1) is 11.0. The lowest BCUT2D eigenvalue weighted by molar-refractivity contribution is -0.121. The lowest BCUT2D eigenvalue weighted by Gasteiger charge is -2.26. The van der Waals surface area contributed by atoms with Crippen molar-refractivity contribution in [2.75, 3.05) is 19.6 Å². The fourth-order valence-electron chi connectivity index (χ4n) is 2.63. The van der Waals surface area contributed by atoms with Gasteiger partial charge in [0.25, 0.3) is 5.56 Å². The van der Waals surface area contributed by atoms with Gasteiger partial charge in [-0.15, -0.1) is 0 Å². The van der Waals surface area contributed by atoms with Crippen molar-refractivity contribution in [2.24, 2.45) is 7.05 Å². The number of likely N-dealkylation sites (N-methyl/N-ethyl adjacent to an activating group) is 1. The Balaban J connectivity index is 2.01. The fourth-order valence-corrected chi connectivity index (χ4v) is 2.63. The molecule has 1 atom stereocenters. The number of aryl methyl sites for hydroxylation is 1. The third kappa shape index (κ3) is 3.76. The van der Waals surface area contributed by atoms with Crippen LogP contribution in [-0.2, 0) is 18.4 Å². The summed E-state index contributed by atoms with van der Waals surface area (Å²) >= 11 is 0. The number of hydrogen-bond donors (Lipinski definition) is 1. The van der Waals surface area contributed by atoms with Crippen LogP contribution >= 0.6 is 0 Å². The van der Waals surface area contributed by atoms with Crippen LogP contribution in [0.3, 0.4) is 0 Å². The second kappa shape index (κ2) is 7.36. The molecule has 0 unspecified atom stereocenters. The number of carbonyl (C=O) groups excluding carboxylic acids is 1. The SMILES string of the molecule is CCN(CC)[C@@H](C)CNC(=O)Cn1cnc2c(cnn2C)c1=O. The summed E-state index contributed by atoms with van der Waals surface area (Å²) in [4.78, 5) is 30.8. The van der Waals surface area contributed by atoms with Gasteiger partial charge in [-0.1, -0.05) is 13.8 Å². The number of nitrogens with one attached hydrogen (secondary N) is 1. The molecule has 2 heterocycles. The quantitative estimate of drug-likeness (QED) is 0.775. The highest BCUT2D eigenvalue weighted by Gasteiger charge is 2.13. The summed E-state index contributed by atoms with van der Waals surface area (Å²) in [5, 5.41) is 7.30. The van der Waals surface area contributed by atoms with Gasteiger partial charge in [-0.2, -0.15) is 5.10 Å². The van der Waals surface area contributed by atoms with Gasteiger partial charge < -0.3 is 5.32 Å². The van der Waals surface area contributed by atoms with E-state index in [9.17, 15) is 9.59 Å². The molecule has 0 spiro atoms. The summed E-state index contributed by atoms with van der Waals surface area (Å²) in [6, 6.07) is 0.254. The Bertz CT molecular complexity index is 731. The molecule has 23 heavy (non-hydrogen) atoms. The molecule has 0 aliphatic rings. The van der Waals surface area contributed by atoms with Crippen LogP contribution in [0.2, 0.25) is 0 Å². The molecule has 0 fully saturated rings. The molecule has 1 N–H and O–H groups in total. The first-order valence-electron chi connectivity index (χ1n) is 7.85. The normalized spacial score (nSPS) is 12.7. The van der Waals surface area contributed by atoms with Gasteiger partial charge in [0.2, 0.25) is 5.91 Å². The van der Waals surface area contributed by atoms with Gasteiger partial charge in [-0.3, -0.25) is 23.7 Å². The van der Waals surface area contributed by atoms with Crippen molar-refractivity contribution in [1.82, 2.24) is 29.5 Å². The van der Waals surface area contributed by atoms with Crippen LogP contribution in [0.4, 0.5) is 0 Å². The molecular weight excluding hydrogens is 296 g/mol. The molecule has 8 nitrogen and oxygen atoms in total. The molecule has 0 aliphatic carbocycles. The highest BCUT2D eigenvalue weighted by Crippen LogP contribution is 2.03. The van der Waals surface area contributed by atoms with Crippen molar-refractivity contribution in [3.05, 3.63) is 22.9 Å². The molecule has 0 saturated heterocycles. The topological polar surface area (TPSA) is 85.1 Å². The number of amides is 1. The summed E-state index contributed by atoms with van der Waals surface area (Å²) < 4.78 is 2.84. The molecule has 2 aromatic heterocycles. The molecule has 0 bridgehead atoms. The van der Waals surface area contributed by atoms with Crippen molar-refractivity contribution in [3.63, 3.8) is 0 Å². The van der Waals surface area contributed by atoms with E-state index in [1.165, 1.54) is 21.8 Å². The Kier molecular flexibility index (Phi) is 5.49. The van der Waals surface area contributed by atoms with Crippen molar-refractivity contribution in [3.8, 4) is 0 Å². The van der Waals surface area contributed by atoms with E-state index < -0.39 is 0 Å². The van der Waals surface area contributed by atoms with Crippen molar-refractivity contribution in [2.45, 2.75) is 33.4 Å². The summed E-state index contributed by atoms with van der Waals surface area (Å²) in [7, 11) is 1.72. The molecular formula is C15H24N6O2. The Morgan fingerprint density at radius 1 is 1.39 bits per heavy atom. The summed E-state index contributed by atoms with van der Waals surface area (Å²) in [6.45, 7) is 8.65. The van der Waals surface area contributed by atoms with Crippen LogP contribution in [0, 0.1) is 0 Å². The van der Waals surface area contributed by atoms with Crippen LogP contribution in [0.25, 0.3) is 11.0 Å². The standard InChI is InChI=1S/C15H24N6O2/c1-5-20(6-2)11(3)7-16-13(22)9-21-10-17-14-12(15(21)23)8-18-19(14)4/h8,10-11H,5-7,9H2,1-4H3,(H,16,22)/t11-/m0/s1. The first kappa shape index (κ1) is 17.1. The second-order valence-electron chi connectivity index (χ2n) is 5.56. The number of fused-ring (bicyclic) bond motifs is 1. The Labute approximate surface area is 135 Å². The Morgan fingerprint density at radius 3 is 2.74 bits per heavy atom. The monoisotopic (exact) mass is 320 g/mol. The maximum atomic E-state index is 12.3. The molecule has 8 heteroatoms. The second-order valence-corrected chi connectivity index (χ2v) is 5.56. The van der Waals surface area contributed by atoms with Gasteiger partial charge in [0.15, 0.2) is 5.65 Å². The predicted octanol–water partition coefficient (Wildman–Crippen LogP) is -0.0235. The molecule has 126 valence electrons. The smallest absolute Gasteiger partial charge is 0.264 e. The summed E-state index contributed by atoms with van der Waals surface area (Å²) in [5.74, 6) is -0.198. The number of rotatable bonds is 7. The van der Waals surface area contributed by atoms with Gasteiger partial charge in [0, 0.05) is 19.6 Å². The Morgan fingerprint density at radius 2 is 2.09 bits per heavy atom. The largest absolute Gasteiger partial charge is 0.353 e. The average Bonchev–Trinajstić information content (AvgIpc) is 2.91. The van der Waals surface area contributed by atoms with E-state index in [4.69, 9.17) is 0 Å². The third-order valence-corrected chi connectivity index (χ3v) is 4.06. The zero-order valence-corrected chi connectivity index (χ0v) is 14.1. The number of aromatic nitrogens is 4. The van der Waals surface area contributed by atoms with E-state index >= 15 is 0 Å². The van der Waals surface area contributed by atoms with Gasteiger partial charge in [0.05, 0.1) is 6.20 Å². The van der Waals surface area contributed by atoms with E-state index in [-0.39, 0.29) is 24.1 Å². The lowest BCUT2D eigenvalue weighted by Crippen LogP contribution is -2.43. The average molecular weight is 320 g/mol. The van der Waals surface area contributed by atoms with Gasteiger partial charge in [-0.25, -0.2) is 4.98 Å². The van der Waals surface area contributed by atoms with E-state index in [0.29, 0.717) is 17.6 Å². The van der Waals surface area contributed by atoms with E-state index in [0.717, 1.165) is 13.1 Å². The van der Waals surface area contributed by atoms with Gasteiger partial charge >= 0.3 is 0 Å². The van der Waals surface area contributed by atoms with Crippen LogP contribution < -0.4 is 10.9 Å². The predicted molar refractivity (Wildman–Crippen MR) is 88.2 cm³/mol. The lowest BCUT2D eigenvalue weighted by atomic mass is 10.2. The van der Waals surface area contributed by atoms with Crippen LogP contribution in [-0.4, -0.2) is 55.8 Å². The zero-order chi connectivity index (χ0) is 17.0. The number of carbonyl (C=O) groups is 1. The minimum atomic E-state index is -0.255. The molecule has 2 rings (SSSR count). The molecule has 0 aromatic carbocycles. The van der Waals surface area contributed by atoms with E-state index in [2.05, 4.69) is 41.1 Å².